The molecular weight excluding hydrogens is 407 g/mol. The maximum Gasteiger partial charge on any atom is 0.329 e. The summed E-state index contributed by atoms with van der Waals surface area (Å²) in [6.45, 7) is -0.278. The highest BCUT2D eigenvalue weighted by Gasteiger charge is 2.10. The van der Waals surface area contributed by atoms with Crippen LogP contribution in [0.4, 0.5) is 5.69 Å². The number of carbonyl (C=O) groups is 3. The second-order valence-electron chi connectivity index (χ2n) is 5.31. The zero-order chi connectivity index (χ0) is 20.5. The van der Waals surface area contributed by atoms with E-state index >= 15 is 0 Å². The number of carbonyl (C=O) groups excluding carboxylic acids is 3. The summed E-state index contributed by atoms with van der Waals surface area (Å²) in [5.74, 6) is -1.78. The molecule has 2 rings (SSSR count). The maximum atomic E-state index is 12.1. The van der Waals surface area contributed by atoms with E-state index < -0.39 is 17.7 Å². The van der Waals surface area contributed by atoms with Crippen molar-refractivity contribution in [3.05, 3.63) is 58.1 Å². The van der Waals surface area contributed by atoms with Crippen LogP contribution in [-0.4, -0.2) is 37.6 Å². The third kappa shape index (κ3) is 6.57. The fraction of sp³-hybridized carbons (Fsp3) is 0.111. The molecule has 10 heteroatoms. The van der Waals surface area contributed by atoms with E-state index in [1.807, 2.05) is 0 Å². The predicted octanol–water partition coefficient (Wildman–Crippen LogP) is 2.21. The number of para-hydroxylation sites is 1. The molecule has 8 nitrogen and oxygen atoms in total. The summed E-state index contributed by atoms with van der Waals surface area (Å²) in [5, 5.41) is 9.27. The van der Waals surface area contributed by atoms with E-state index in [4.69, 9.17) is 27.9 Å². The first-order chi connectivity index (χ1) is 13.4. The lowest BCUT2D eigenvalue weighted by molar-refractivity contribution is -0.138. The molecule has 0 radical (unpaired) electrons. The van der Waals surface area contributed by atoms with Gasteiger partial charge in [-0.25, -0.2) is 5.43 Å². The number of hydrazone groups is 1. The topological polar surface area (TPSA) is 109 Å². The molecule has 0 aliphatic heterocycles. The van der Waals surface area contributed by atoms with Crippen LogP contribution in [0.3, 0.4) is 0 Å². The van der Waals surface area contributed by atoms with Gasteiger partial charge in [-0.1, -0.05) is 35.3 Å². The summed E-state index contributed by atoms with van der Waals surface area (Å²) in [6.07, 6.45) is 1.30. The van der Waals surface area contributed by atoms with Gasteiger partial charge in [-0.3, -0.25) is 14.4 Å². The molecule has 28 heavy (non-hydrogen) atoms. The van der Waals surface area contributed by atoms with Gasteiger partial charge in [-0.15, -0.1) is 0 Å². The van der Waals surface area contributed by atoms with Crippen molar-refractivity contribution < 1.29 is 19.1 Å². The van der Waals surface area contributed by atoms with Crippen molar-refractivity contribution in [3.63, 3.8) is 0 Å². The van der Waals surface area contributed by atoms with Crippen LogP contribution in [0.15, 0.2) is 47.6 Å². The number of rotatable bonds is 6. The molecule has 0 heterocycles. The Bertz CT molecular complexity index is 898. The molecule has 0 fully saturated rings. The molecule has 0 atom stereocenters. The summed E-state index contributed by atoms with van der Waals surface area (Å²) in [6, 6.07) is 11.4. The number of ether oxygens (including phenoxy) is 1. The highest BCUT2D eigenvalue weighted by molar-refractivity contribution is 6.35. The number of hydrogen-bond acceptors (Lipinski definition) is 5. The predicted molar refractivity (Wildman–Crippen MR) is 107 cm³/mol. The Labute approximate surface area is 170 Å². The molecule has 3 N–H and O–H groups in total. The molecule has 0 bridgehead atoms. The highest BCUT2D eigenvalue weighted by atomic mass is 35.5. The molecule has 2 aromatic rings. The molecule has 3 amide bonds. The summed E-state index contributed by atoms with van der Waals surface area (Å²) < 4.78 is 5.50. The van der Waals surface area contributed by atoms with Gasteiger partial charge in [-0.2, -0.15) is 5.10 Å². The minimum Gasteiger partial charge on any atom is -0.483 e. The van der Waals surface area contributed by atoms with Gasteiger partial charge in [0.05, 0.1) is 6.21 Å². The van der Waals surface area contributed by atoms with Crippen LogP contribution in [0, 0.1) is 0 Å². The number of benzene rings is 2. The van der Waals surface area contributed by atoms with Crippen molar-refractivity contribution in [1.29, 1.82) is 0 Å². The van der Waals surface area contributed by atoms with Gasteiger partial charge in [0.25, 0.3) is 5.91 Å². The number of nitrogens with one attached hydrogen (secondary N) is 3. The Morgan fingerprint density at radius 3 is 2.43 bits per heavy atom. The standard InChI is InChI=1S/C18H16Cl2N4O4/c1-21-17(26)18(27)24-22-9-11-4-2-3-5-15(11)28-10-16(25)23-14-7-12(19)6-13(20)8-14/h2-9H,10H2,1H3,(H,21,26)(H,23,25)(H,24,27)/b22-9-. The first kappa shape index (κ1) is 21.2. The fourth-order valence-electron chi connectivity index (χ4n) is 2.01. The molecule has 0 unspecified atom stereocenters. The quantitative estimate of drug-likeness (QED) is 0.376. The Morgan fingerprint density at radius 1 is 1.07 bits per heavy atom. The van der Waals surface area contributed by atoms with Gasteiger partial charge < -0.3 is 15.4 Å². The highest BCUT2D eigenvalue weighted by Crippen LogP contribution is 2.22. The monoisotopic (exact) mass is 422 g/mol. The van der Waals surface area contributed by atoms with Gasteiger partial charge in [-0.05, 0) is 30.3 Å². The third-order valence-corrected chi connectivity index (χ3v) is 3.66. The number of anilines is 1. The van der Waals surface area contributed by atoms with E-state index in [9.17, 15) is 14.4 Å². The van der Waals surface area contributed by atoms with Gasteiger partial charge in [0.2, 0.25) is 0 Å². The van der Waals surface area contributed by atoms with Crippen LogP contribution in [0.2, 0.25) is 10.0 Å². The minimum atomic E-state index is -0.906. The van der Waals surface area contributed by atoms with Crippen molar-refractivity contribution in [3.8, 4) is 5.75 Å². The summed E-state index contributed by atoms with van der Waals surface area (Å²) in [4.78, 5) is 34.5. The van der Waals surface area contributed by atoms with Crippen LogP contribution in [0.1, 0.15) is 5.56 Å². The first-order valence-corrected chi connectivity index (χ1v) is 8.67. The van der Waals surface area contributed by atoms with Gasteiger partial charge in [0, 0.05) is 28.3 Å². The molecule has 0 aromatic heterocycles. The minimum absolute atomic E-state index is 0.278. The van der Waals surface area contributed by atoms with E-state index in [1.54, 1.807) is 42.5 Å². The van der Waals surface area contributed by atoms with Crippen molar-refractivity contribution in [1.82, 2.24) is 10.7 Å². The lowest BCUT2D eigenvalue weighted by Crippen LogP contribution is -2.35. The second kappa shape index (κ2) is 10.3. The average molecular weight is 423 g/mol. The molecule has 0 saturated heterocycles. The molecule has 146 valence electrons. The lowest BCUT2D eigenvalue weighted by atomic mass is 10.2. The van der Waals surface area contributed by atoms with Crippen molar-refractivity contribution >= 4 is 52.8 Å². The van der Waals surface area contributed by atoms with Gasteiger partial charge >= 0.3 is 11.8 Å². The van der Waals surface area contributed by atoms with E-state index in [0.717, 1.165) is 0 Å². The van der Waals surface area contributed by atoms with Crippen LogP contribution in [0.25, 0.3) is 0 Å². The zero-order valence-electron chi connectivity index (χ0n) is 14.7. The molecule has 2 aromatic carbocycles. The fourth-order valence-corrected chi connectivity index (χ4v) is 2.54. The second-order valence-corrected chi connectivity index (χ2v) is 6.18. The zero-order valence-corrected chi connectivity index (χ0v) is 16.2. The number of amides is 3. The smallest absolute Gasteiger partial charge is 0.329 e. The normalized spacial score (nSPS) is 10.4. The molecule has 0 aliphatic carbocycles. The van der Waals surface area contributed by atoms with Crippen molar-refractivity contribution in [2.75, 3.05) is 19.0 Å². The van der Waals surface area contributed by atoms with Crippen molar-refractivity contribution in [2.45, 2.75) is 0 Å². The lowest BCUT2D eigenvalue weighted by Gasteiger charge is -2.10. The van der Waals surface area contributed by atoms with Crippen LogP contribution in [-0.2, 0) is 14.4 Å². The first-order valence-electron chi connectivity index (χ1n) is 7.92. The molecular formula is C18H16Cl2N4O4. The average Bonchev–Trinajstić information content (AvgIpc) is 2.65. The maximum absolute atomic E-state index is 12.1. The largest absolute Gasteiger partial charge is 0.483 e. The van der Waals surface area contributed by atoms with E-state index in [0.29, 0.717) is 27.0 Å². The SMILES string of the molecule is CNC(=O)C(=O)N/N=C\c1ccccc1OCC(=O)Nc1cc(Cl)cc(Cl)c1. The van der Waals surface area contributed by atoms with E-state index in [-0.39, 0.29) is 6.61 Å². The van der Waals surface area contributed by atoms with E-state index in [1.165, 1.54) is 13.3 Å². The Balaban J connectivity index is 1.96. The molecule has 0 spiro atoms. The Kier molecular flexibility index (Phi) is 7.79. The van der Waals surface area contributed by atoms with Crippen LogP contribution in [0.5, 0.6) is 5.75 Å². The summed E-state index contributed by atoms with van der Waals surface area (Å²) >= 11 is 11.8. The van der Waals surface area contributed by atoms with Crippen LogP contribution >= 0.6 is 23.2 Å². The number of nitrogens with zero attached hydrogens (tertiary/aromatic N) is 1. The van der Waals surface area contributed by atoms with Crippen LogP contribution < -0.4 is 20.8 Å². The van der Waals surface area contributed by atoms with Gasteiger partial charge in [0.15, 0.2) is 6.61 Å². The molecule has 0 aliphatic rings. The summed E-state index contributed by atoms with van der Waals surface area (Å²) in [5.41, 5.74) is 3.02. The van der Waals surface area contributed by atoms with Gasteiger partial charge in [0.1, 0.15) is 5.75 Å². The molecule has 0 saturated carbocycles. The third-order valence-electron chi connectivity index (χ3n) is 3.23. The van der Waals surface area contributed by atoms with Crippen molar-refractivity contribution in [2.24, 2.45) is 5.10 Å². The van der Waals surface area contributed by atoms with E-state index in [2.05, 4.69) is 21.2 Å². The number of halogens is 2. The number of likely N-dealkylation sites (N-methyl/N-ethyl adjacent to an activating group) is 1. The number of hydrogen-bond donors (Lipinski definition) is 3. The summed E-state index contributed by atoms with van der Waals surface area (Å²) in [7, 11) is 1.33. The Hall–Kier alpha value is -3.10. The Morgan fingerprint density at radius 2 is 1.75 bits per heavy atom.